The van der Waals surface area contributed by atoms with Gasteiger partial charge in [-0.25, -0.2) is 14.2 Å². The predicted octanol–water partition coefficient (Wildman–Crippen LogP) is 4.22. The SMILES string of the molecule is COC(=O)c1cc2cc(Nc3ncc(F)c(Nc4cccc(N)c4)n3)ccc2o1. The number of carbonyl (C=O) groups excluding carboxylic acids is 1. The van der Waals surface area contributed by atoms with Crippen molar-refractivity contribution in [3.05, 3.63) is 66.3 Å². The second-order valence-electron chi connectivity index (χ2n) is 6.12. The monoisotopic (exact) mass is 393 g/mol. The number of methoxy groups -OCH3 is 1. The van der Waals surface area contributed by atoms with Gasteiger partial charge >= 0.3 is 5.97 Å². The van der Waals surface area contributed by atoms with E-state index in [0.29, 0.717) is 28.0 Å². The van der Waals surface area contributed by atoms with Crippen molar-refractivity contribution < 1.29 is 18.3 Å². The lowest BCUT2D eigenvalue weighted by Crippen LogP contribution is -2.03. The first-order valence-corrected chi connectivity index (χ1v) is 8.56. The van der Waals surface area contributed by atoms with Crippen LogP contribution >= 0.6 is 0 Å². The third kappa shape index (κ3) is 3.93. The summed E-state index contributed by atoms with van der Waals surface area (Å²) in [5.41, 5.74) is 8.05. The van der Waals surface area contributed by atoms with Crippen LogP contribution in [0.5, 0.6) is 0 Å². The van der Waals surface area contributed by atoms with Crippen LogP contribution in [0.3, 0.4) is 0 Å². The summed E-state index contributed by atoms with van der Waals surface area (Å²) in [6, 6.07) is 13.6. The maximum atomic E-state index is 14.1. The highest BCUT2D eigenvalue weighted by Crippen LogP contribution is 2.26. The van der Waals surface area contributed by atoms with Crippen molar-refractivity contribution in [1.29, 1.82) is 0 Å². The minimum Gasteiger partial charge on any atom is -0.463 e. The van der Waals surface area contributed by atoms with Gasteiger partial charge in [0.2, 0.25) is 11.7 Å². The molecule has 0 amide bonds. The van der Waals surface area contributed by atoms with Gasteiger partial charge in [0, 0.05) is 22.4 Å². The lowest BCUT2D eigenvalue weighted by atomic mass is 10.2. The fourth-order valence-corrected chi connectivity index (χ4v) is 2.72. The molecule has 0 saturated heterocycles. The van der Waals surface area contributed by atoms with Crippen LogP contribution in [0.25, 0.3) is 11.0 Å². The van der Waals surface area contributed by atoms with Crippen molar-refractivity contribution in [3.8, 4) is 0 Å². The number of aromatic nitrogens is 2. The van der Waals surface area contributed by atoms with Crippen LogP contribution in [0.1, 0.15) is 10.6 Å². The number of nitrogens with two attached hydrogens (primary N) is 1. The molecule has 29 heavy (non-hydrogen) atoms. The van der Waals surface area contributed by atoms with Crippen LogP contribution in [-0.4, -0.2) is 23.0 Å². The minimum atomic E-state index is -0.606. The van der Waals surface area contributed by atoms with Gasteiger partial charge in [-0.05, 0) is 42.5 Å². The van der Waals surface area contributed by atoms with Gasteiger partial charge < -0.3 is 25.5 Å². The van der Waals surface area contributed by atoms with E-state index in [1.165, 1.54) is 7.11 Å². The van der Waals surface area contributed by atoms with Crippen molar-refractivity contribution in [2.24, 2.45) is 0 Å². The molecule has 0 unspecified atom stereocenters. The Bertz CT molecular complexity index is 1210. The summed E-state index contributed by atoms with van der Waals surface area (Å²) in [5, 5.41) is 6.57. The second-order valence-corrected chi connectivity index (χ2v) is 6.12. The number of hydrogen-bond donors (Lipinski definition) is 3. The van der Waals surface area contributed by atoms with Crippen molar-refractivity contribution in [2.75, 3.05) is 23.5 Å². The number of nitrogens with one attached hydrogen (secondary N) is 2. The molecule has 4 aromatic rings. The maximum Gasteiger partial charge on any atom is 0.373 e. The Kier molecular flexibility index (Phi) is 4.70. The number of nitrogen functional groups attached to an aromatic ring is 1. The smallest absolute Gasteiger partial charge is 0.373 e. The topological polar surface area (TPSA) is 115 Å². The van der Waals surface area contributed by atoms with Gasteiger partial charge in [0.05, 0.1) is 13.3 Å². The van der Waals surface area contributed by atoms with Crippen LogP contribution < -0.4 is 16.4 Å². The van der Waals surface area contributed by atoms with Gasteiger partial charge in [-0.3, -0.25) is 0 Å². The Morgan fingerprint density at radius 2 is 1.97 bits per heavy atom. The highest BCUT2D eigenvalue weighted by atomic mass is 19.1. The molecule has 2 aromatic carbocycles. The number of furan rings is 1. The van der Waals surface area contributed by atoms with Gasteiger partial charge in [0.25, 0.3) is 0 Å². The van der Waals surface area contributed by atoms with E-state index in [4.69, 9.17) is 10.2 Å². The zero-order chi connectivity index (χ0) is 20.4. The number of fused-ring (bicyclic) bond motifs is 1. The molecular weight excluding hydrogens is 377 g/mol. The van der Waals surface area contributed by atoms with Crippen molar-refractivity contribution >= 4 is 45.8 Å². The summed E-state index contributed by atoms with van der Waals surface area (Å²) in [5.74, 6) is -0.869. The summed E-state index contributed by atoms with van der Waals surface area (Å²) < 4.78 is 24.2. The Balaban J connectivity index is 1.58. The number of carbonyl (C=O) groups is 1. The first-order chi connectivity index (χ1) is 14.0. The minimum absolute atomic E-state index is 0.00506. The summed E-state index contributed by atoms with van der Waals surface area (Å²) in [7, 11) is 1.28. The number of benzene rings is 2. The molecule has 0 fully saturated rings. The molecule has 4 N–H and O–H groups in total. The molecular formula is C20H16FN5O3. The Hall–Kier alpha value is -4.14. The zero-order valence-electron chi connectivity index (χ0n) is 15.3. The van der Waals surface area contributed by atoms with E-state index >= 15 is 0 Å². The molecule has 0 bridgehead atoms. The maximum absolute atomic E-state index is 14.1. The van der Waals surface area contributed by atoms with Crippen molar-refractivity contribution in [2.45, 2.75) is 0 Å². The third-order valence-corrected chi connectivity index (χ3v) is 4.05. The first kappa shape index (κ1) is 18.2. The molecule has 4 rings (SSSR count). The zero-order valence-corrected chi connectivity index (χ0v) is 15.3. The van der Waals surface area contributed by atoms with E-state index in [2.05, 4.69) is 25.3 Å². The standard InChI is InChI=1S/C20H16FN5O3/c1-28-19(27)17-8-11-7-14(5-6-16(11)29-17)25-20-23-10-15(21)18(26-20)24-13-4-2-3-12(22)9-13/h2-10H,22H2,1H3,(H2,23,24,25,26). The Labute approximate surface area is 164 Å². The third-order valence-electron chi connectivity index (χ3n) is 4.05. The molecule has 0 atom stereocenters. The van der Waals surface area contributed by atoms with Crippen LogP contribution in [0.4, 0.5) is 33.2 Å². The number of ether oxygens (including phenoxy) is 1. The first-order valence-electron chi connectivity index (χ1n) is 8.56. The van der Waals surface area contributed by atoms with Gasteiger partial charge in [0.15, 0.2) is 11.6 Å². The molecule has 0 spiro atoms. The molecule has 8 nitrogen and oxygen atoms in total. The number of nitrogens with zero attached hydrogens (tertiary/aromatic N) is 2. The molecule has 0 radical (unpaired) electrons. The highest BCUT2D eigenvalue weighted by molar-refractivity contribution is 5.93. The Morgan fingerprint density at radius 1 is 1.14 bits per heavy atom. The summed E-state index contributed by atoms with van der Waals surface area (Å²) in [4.78, 5) is 19.7. The van der Waals surface area contributed by atoms with Gasteiger partial charge in [-0.1, -0.05) is 6.07 Å². The lowest BCUT2D eigenvalue weighted by molar-refractivity contribution is 0.0567. The number of anilines is 5. The fraction of sp³-hybridized carbons (Fsp3) is 0.0500. The average Bonchev–Trinajstić information content (AvgIpc) is 3.13. The molecule has 2 aromatic heterocycles. The lowest BCUT2D eigenvalue weighted by Gasteiger charge is -2.10. The van der Waals surface area contributed by atoms with Crippen LogP contribution in [0.15, 0.2) is 59.1 Å². The number of halogens is 1. The van der Waals surface area contributed by atoms with Crippen molar-refractivity contribution in [3.63, 3.8) is 0 Å². The van der Waals surface area contributed by atoms with Crippen molar-refractivity contribution in [1.82, 2.24) is 9.97 Å². The van der Waals surface area contributed by atoms with E-state index < -0.39 is 11.8 Å². The van der Waals surface area contributed by atoms with E-state index in [9.17, 15) is 9.18 Å². The summed E-state index contributed by atoms with van der Waals surface area (Å²) >= 11 is 0. The predicted molar refractivity (Wildman–Crippen MR) is 107 cm³/mol. The average molecular weight is 393 g/mol. The summed E-state index contributed by atoms with van der Waals surface area (Å²) in [6.07, 6.45) is 1.07. The number of rotatable bonds is 5. The second kappa shape index (κ2) is 7.47. The van der Waals surface area contributed by atoms with Crippen LogP contribution in [-0.2, 0) is 4.74 Å². The molecule has 0 aliphatic heterocycles. The Morgan fingerprint density at radius 3 is 2.76 bits per heavy atom. The quantitative estimate of drug-likeness (QED) is 0.341. The van der Waals surface area contributed by atoms with Gasteiger partial charge in [-0.15, -0.1) is 0 Å². The summed E-state index contributed by atoms with van der Waals surface area (Å²) in [6.45, 7) is 0. The van der Waals surface area contributed by atoms with Crippen LogP contribution in [0, 0.1) is 5.82 Å². The molecule has 0 aliphatic carbocycles. The molecule has 9 heteroatoms. The largest absolute Gasteiger partial charge is 0.463 e. The fourth-order valence-electron chi connectivity index (χ4n) is 2.72. The van der Waals surface area contributed by atoms with Crippen LogP contribution in [0.2, 0.25) is 0 Å². The molecule has 0 saturated carbocycles. The highest BCUT2D eigenvalue weighted by Gasteiger charge is 2.13. The van der Waals surface area contributed by atoms with E-state index in [1.807, 2.05) is 0 Å². The van der Waals surface area contributed by atoms with E-state index in [1.54, 1.807) is 48.5 Å². The van der Waals surface area contributed by atoms with Gasteiger partial charge in [0.1, 0.15) is 5.58 Å². The number of esters is 1. The molecule has 0 aliphatic rings. The van der Waals surface area contributed by atoms with Gasteiger partial charge in [-0.2, -0.15) is 4.98 Å². The molecule has 2 heterocycles. The van der Waals surface area contributed by atoms with E-state index in [0.717, 1.165) is 6.20 Å². The number of hydrogen-bond acceptors (Lipinski definition) is 8. The normalized spacial score (nSPS) is 10.7. The molecule has 146 valence electrons. The van der Waals surface area contributed by atoms with E-state index in [-0.39, 0.29) is 17.5 Å².